The third kappa shape index (κ3) is 19.0. The second kappa shape index (κ2) is 17.4. The van der Waals surface area contributed by atoms with Gasteiger partial charge in [0.1, 0.15) is 0 Å². The van der Waals surface area contributed by atoms with E-state index >= 15 is 0 Å². The molecule has 0 aromatic heterocycles. The Morgan fingerprint density at radius 2 is 1.13 bits per heavy atom. The Hall–Kier alpha value is -0.990. The zero-order chi connectivity index (χ0) is 17.2. The van der Waals surface area contributed by atoms with Crippen LogP contribution >= 0.6 is 0 Å². The first-order chi connectivity index (χ1) is 11.2. The third-order valence-electron chi connectivity index (χ3n) is 4.28. The van der Waals surface area contributed by atoms with Crippen LogP contribution in [0.2, 0.25) is 0 Å². The molecule has 0 aliphatic carbocycles. The second-order valence-corrected chi connectivity index (χ2v) is 6.62. The van der Waals surface area contributed by atoms with Crippen molar-refractivity contribution in [3.63, 3.8) is 0 Å². The first-order valence-electron chi connectivity index (χ1n) is 9.76. The molecule has 0 radical (unpaired) electrons. The summed E-state index contributed by atoms with van der Waals surface area (Å²) in [5.41, 5.74) is 0. The maximum Gasteiger partial charge on any atom is 0.303 e. The van der Waals surface area contributed by atoms with Gasteiger partial charge in [-0.25, -0.2) is 0 Å². The molecule has 0 aromatic carbocycles. The van der Waals surface area contributed by atoms with Gasteiger partial charge in [-0.2, -0.15) is 0 Å². The molecule has 0 spiro atoms. The smallest absolute Gasteiger partial charge is 0.303 e. The van der Waals surface area contributed by atoms with Crippen molar-refractivity contribution in [2.24, 2.45) is 0 Å². The highest BCUT2D eigenvalue weighted by Crippen LogP contribution is 2.13. The highest BCUT2D eigenvalue weighted by Gasteiger charge is 1.99. The third-order valence-corrected chi connectivity index (χ3v) is 4.28. The van der Waals surface area contributed by atoms with Crippen LogP contribution < -0.4 is 0 Å². The van der Waals surface area contributed by atoms with E-state index in [1.54, 1.807) is 6.08 Å². The van der Waals surface area contributed by atoms with Gasteiger partial charge >= 0.3 is 5.97 Å². The number of carboxylic acid groups (broad SMARTS) is 1. The Bertz CT molecular complexity index is 297. The molecule has 0 aliphatic rings. The minimum absolute atomic E-state index is 0.0148. The molecule has 0 amide bonds. The Morgan fingerprint density at radius 1 is 0.696 bits per heavy atom. The van der Waals surface area contributed by atoms with Gasteiger partial charge < -0.3 is 10.2 Å². The summed E-state index contributed by atoms with van der Waals surface area (Å²) in [5, 5.41) is 18.0. The Balaban J connectivity index is 3.18. The molecule has 0 rings (SSSR count). The van der Waals surface area contributed by atoms with Gasteiger partial charge in [-0.3, -0.25) is 4.79 Å². The molecule has 0 aliphatic heterocycles. The van der Waals surface area contributed by atoms with Crippen molar-refractivity contribution in [1.29, 1.82) is 0 Å². The van der Waals surface area contributed by atoms with Crippen molar-refractivity contribution in [3.8, 4) is 0 Å². The van der Waals surface area contributed by atoms with E-state index in [0.29, 0.717) is 0 Å². The Kier molecular flexibility index (Phi) is 16.6. The van der Waals surface area contributed by atoms with Gasteiger partial charge in [0.2, 0.25) is 0 Å². The molecule has 0 heterocycles. The van der Waals surface area contributed by atoms with E-state index in [1.807, 2.05) is 0 Å². The van der Waals surface area contributed by atoms with Gasteiger partial charge in [-0.15, -0.1) is 0 Å². The number of rotatable bonds is 17. The minimum atomic E-state index is -0.856. The summed E-state index contributed by atoms with van der Waals surface area (Å²) < 4.78 is 0. The molecule has 3 nitrogen and oxygen atoms in total. The maximum absolute atomic E-state index is 10.4. The molecular formula is C20H38O3. The lowest BCUT2D eigenvalue weighted by Gasteiger charge is -2.02. The number of aliphatic hydroxyl groups is 1. The van der Waals surface area contributed by atoms with E-state index in [-0.39, 0.29) is 18.6 Å². The SMILES string of the molecule is CCCCCCCCCCCCCCCC=C(O)CCC(=O)O. The minimum Gasteiger partial charge on any atom is -0.513 e. The zero-order valence-corrected chi connectivity index (χ0v) is 15.2. The number of carboxylic acids is 1. The maximum atomic E-state index is 10.4. The first-order valence-corrected chi connectivity index (χ1v) is 9.76. The predicted octanol–water partition coefficient (Wildman–Crippen LogP) is 6.77. The summed E-state index contributed by atoms with van der Waals surface area (Å²) in [6.07, 6.45) is 20.3. The molecule has 136 valence electrons. The fourth-order valence-electron chi connectivity index (χ4n) is 2.77. The van der Waals surface area contributed by atoms with Crippen LogP contribution in [0.1, 0.15) is 110 Å². The molecule has 0 saturated carbocycles. The number of hydrogen-bond acceptors (Lipinski definition) is 2. The molecule has 0 saturated heterocycles. The topological polar surface area (TPSA) is 57.5 Å². The van der Waals surface area contributed by atoms with E-state index in [0.717, 1.165) is 12.8 Å². The number of carbonyl (C=O) groups is 1. The van der Waals surface area contributed by atoms with Gasteiger partial charge in [-0.1, -0.05) is 84.0 Å². The summed E-state index contributed by atoms with van der Waals surface area (Å²) >= 11 is 0. The van der Waals surface area contributed by atoms with Crippen LogP contribution in [0, 0.1) is 0 Å². The van der Waals surface area contributed by atoms with E-state index in [1.165, 1.54) is 77.0 Å². The van der Waals surface area contributed by atoms with E-state index in [4.69, 9.17) is 5.11 Å². The lowest BCUT2D eigenvalue weighted by atomic mass is 10.0. The fourth-order valence-corrected chi connectivity index (χ4v) is 2.77. The van der Waals surface area contributed by atoms with E-state index in [9.17, 15) is 9.90 Å². The van der Waals surface area contributed by atoms with Gasteiger partial charge in [0.25, 0.3) is 0 Å². The number of aliphatic hydroxyl groups excluding tert-OH is 1. The van der Waals surface area contributed by atoms with Crippen LogP contribution in [-0.2, 0) is 4.79 Å². The highest BCUT2D eigenvalue weighted by molar-refractivity contribution is 5.66. The summed E-state index contributed by atoms with van der Waals surface area (Å²) in [7, 11) is 0. The van der Waals surface area contributed by atoms with Crippen LogP contribution in [0.3, 0.4) is 0 Å². The van der Waals surface area contributed by atoms with Crippen LogP contribution in [0.5, 0.6) is 0 Å². The first kappa shape index (κ1) is 22.0. The van der Waals surface area contributed by atoms with Crippen molar-refractivity contribution in [1.82, 2.24) is 0 Å². The van der Waals surface area contributed by atoms with Gasteiger partial charge in [0.05, 0.1) is 12.2 Å². The highest BCUT2D eigenvalue weighted by atomic mass is 16.4. The van der Waals surface area contributed by atoms with Crippen LogP contribution in [0.15, 0.2) is 11.8 Å². The van der Waals surface area contributed by atoms with E-state index < -0.39 is 5.97 Å². The number of unbranched alkanes of at least 4 members (excludes halogenated alkanes) is 13. The summed E-state index contributed by atoms with van der Waals surface area (Å²) in [6, 6.07) is 0. The molecule has 0 unspecified atom stereocenters. The number of aliphatic carboxylic acids is 1. The average molecular weight is 327 g/mol. The molecule has 23 heavy (non-hydrogen) atoms. The molecule has 2 N–H and O–H groups in total. The van der Waals surface area contributed by atoms with Crippen LogP contribution in [-0.4, -0.2) is 16.2 Å². The zero-order valence-electron chi connectivity index (χ0n) is 15.2. The van der Waals surface area contributed by atoms with Crippen molar-refractivity contribution in [3.05, 3.63) is 11.8 Å². The van der Waals surface area contributed by atoms with Gasteiger partial charge in [-0.05, 0) is 18.9 Å². The lowest BCUT2D eigenvalue weighted by molar-refractivity contribution is -0.137. The number of allylic oxidation sites excluding steroid dienone is 2. The molecule has 0 bridgehead atoms. The van der Waals surface area contributed by atoms with Crippen molar-refractivity contribution >= 4 is 5.97 Å². The van der Waals surface area contributed by atoms with Crippen molar-refractivity contribution in [2.75, 3.05) is 0 Å². The van der Waals surface area contributed by atoms with Gasteiger partial charge in [0, 0.05) is 6.42 Å². The fraction of sp³-hybridized carbons (Fsp3) is 0.850. The largest absolute Gasteiger partial charge is 0.513 e. The predicted molar refractivity (Wildman–Crippen MR) is 97.9 cm³/mol. The second-order valence-electron chi connectivity index (χ2n) is 6.62. The quantitative estimate of drug-likeness (QED) is 0.229. The lowest BCUT2D eigenvalue weighted by Crippen LogP contribution is -1.95. The summed E-state index contributed by atoms with van der Waals surface area (Å²) in [5.74, 6) is -0.628. The molecule has 0 aromatic rings. The van der Waals surface area contributed by atoms with Crippen LogP contribution in [0.4, 0.5) is 0 Å². The van der Waals surface area contributed by atoms with Crippen molar-refractivity contribution < 1.29 is 15.0 Å². The summed E-state index contributed by atoms with van der Waals surface area (Å²) in [4.78, 5) is 10.4. The molecular weight excluding hydrogens is 288 g/mol. The molecule has 0 fully saturated rings. The Labute approximate surface area is 143 Å². The number of hydrogen-bond donors (Lipinski definition) is 2. The standard InChI is InChI=1S/C20H38O3/c1-2-3-4-5-6-7-8-9-10-11-12-13-14-15-16-19(21)17-18-20(22)23/h16,21H,2-15,17-18H2,1H3,(H,22,23). The monoisotopic (exact) mass is 326 g/mol. The Morgan fingerprint density at radius 3 is 1.57 bits per heavy atom. The van der Waals surface area contributed by atoms with Gasteiger partial charge in [0.15, 0.2) is 0 Å². The van der Waals surface area contributed by atoms with Crippen LogP contribution in [0.25, 0.3) is 0 Å². The van der Waals surface area contributed by atoms with Crippen molar-refractivity contribution in [2.45, 2.75) is 110 Å². The summed E-state index contributed by atoms with van der Waals surface area (Å²) in [6.45, 7) is 2.26. The molecule has 3 heteroatoms. The molecule has 0 atom stereocenters. The normalized spacial score (nSPS) is 11.8. The van der Waals surface area contributed by atoms with E-state index in [2.05, 4.69) is 6.92 Å². The average Bonchev–Trinajstić information content (AvgIpc) is 2.53.